The summed E-state index contributed by atoms with van der Waals surface area (Å²) >= 11 is 7.18. The van der Waals surface area contributed by atoms with Crippen LogP contribution in [0, 0.1) is 11.8 Å². The van der Waals surface area contributed by atoms with Gasteiger partial charge in [-0.15, -0.1) is 11.8 Å². The molecule has 5 N–H and O–H groups in total. The highest BCUT2D eigenvalue weighted by molar-refractivity contribution is 8.03. The number of carboxylic acids is 2. The molecule has 3 heterocycles. The van der Waals surface area contributed by atoms with E-state index in [2.05, 4.69) is 10.0 Å². The molecule has 2 saturated heterocycles. The van der Waals surface area contributed by atoms with E-state index in [-0.39, 0.29) is 50.8 Å². The second kappa shape index (κ2) is 9.95. The highest BCUT2D eigenvalue weighted by atomic mass is 35.5. The number of nitrogens with zero attached hydrogens (tertiary/aromatic N) is 1. The first-order valence-electron chi connectivity index (χ1n) is 11.2. The number of aromatic carboxylic acids is 1. The summed E-state index contributed by atoms with van der Waals surface area (Å²) < 4.78 is 27.8. The molecule has 2 fully saturated rings. The maximum absolute atomic E-state index is 12.7. The smallest absolute Gasteiger partial charge is 0.353 e. The number of aliphatic hydroxyl groups excluding tert-OH is 1. The number of fused-ring (bicyclic) bond motifs is 1. The molecule has 3 aliphatic heterocycles. The minimum atomic E-state index is -3.99. The number of aliphatic carboxylic acids is 1. The second-order valence-electron chi connectivity index (χ2n) is 9.15. The summed E-state index contributed by atoms with van der Waals surface area (Å²) in [6, 6.07) is 2.81. The van der Waals surface area contributed by atoms with Crippen molar-refractivity contribution in [1.82, 2.24) is 14.9 Å². The molecule has 4 rings (SSSR count). The largest absolute Gasteiger partial charge is 0.478 e. The number of amides is 1. The quantitative estimate of drug-likeness (QED) is 0.274. The van der Waals surface area contributed by atoms with E-state index in [1.165, 1.54) is 35.7 Å². The van der Waals surface area contributed by atoms with Crippen LogP contribution >= 0.6 is 23.4 Å². The van der Waals surface area contributed by atoms with Gasteiger partial charge in [0.05, 0.1) is 33.5 Å². The van der Waals surface area contributed by atoms with Crippen molar-refractivity contribution >= 4 is 51.2 Å². The van der Waals surface area contributed by atoms with Gasteiger partial charge in [-0.2, -0.15) is 0 Å². The zero-order chi connectivity index (χ0) is 26.5. The SMILES string of the molecule is C[C@@H](O)C1C(=O)N2C(C(=O)O)=C(S[C@H]3CN[C@H](CNS(=O)(=O)c4ccc(Cl)c(C(=O)O)c4)C3)[C@H](C)C12. The molecule has 0 spiro atoms. The van der Waals surface area contributed by atoms with Gasteiger partial charge in [-0.3, -0.25) is 4.79 Å². The van der Waals surface area contributed by atoms with Crippen molar-refractivity contribution in [3.05, 3.63) is 39.4 Å². The van der Waals surface area contributed by atoms with Crippen molar-refractivity contribution in [2.75, 3.05) is 13.1 Å². The first kappa shape index (κ1) is 26.9. The van der Waals surface area contributed by atoms with Crippen LogP contribution in [-0.2, 0) is 19.6 Å². The van der Waals surface area contributed by atoms with E-state index in [0.29, 0.717) is 17.9 Å². The van der Waals surface area contributed by atoms with Crippen LogP contribution in [0.15, 0.2) is 33.7 Å². The van der Waals surface area contributed by atoms with Gasteiger partial charge in [-0.1, -0.05) is 18.5 Å². The van der Waals surface area contributed by atoms with Crippen LogP contribution in [0.4, 0.5) is 0 Å². The monoisotopic (exact) mass is 559 g/mol. The Labute approximate surface area is 216 Å². The fraction of sp³-hybridized carbons (Fsp3) is 0.500. The maximum atomic E-state index is 12.7. The van der Waals surface area contributed by atoms with Gasteiger partial charge >= 0.3 is 11.9 Å². The number of sulfonamides is 1. The van der Waals surface area contributed by atoms with Crippen molar-refractivity contribution in [2.45, 2.75) is 48.6 Å². The fourth-order valence-corrected chi connectivity index (χ4v) is 7.84. The van der Waals surface area contributed by atoms with E-state index in [1.54, 1.807) is 0 Å². The molecule has 0 aliphatic carbocycles. The molecule has 1 aromatic carbocycles. The van der Waals surface area contributed by atoms with E-state index in [4.69, 9.17) is 11.6 Å². The number of carbonyl (C=O) groups excluding carboxylic acids is 1. The van der Waals surface area contributed by atoms with Gasteiger partial charge in [0.25, 0.3) is 0 Å². The molecule has 1 aromatic rings. The minimum absolute atomic E-state index is 0.0412. The van der Waals surface area contributed by atoms with E-state index in [9.17, 15) is 38.1 Å². The predicted molar refractivity (Wildman–Crippen MR) is 131 cm³/mol. The summed E-state index contributed by atoms with van der Waals surface area (Å²) in [5.41, 5.74) is -0.357. The van der Waals surface area contributed by atoms with Crippen molar-refractivity contribution in [2.24, 2.45) is 11.8 Å². The Bertz CT molecular complexity index is 1250. The van der Waals surface area contributed by atoms with Crippen LogP contribution in [0.5, 0.6) is 0 Å². The molecule has 14 heteroatoms. The number of carbonyl (C=O) groups is 3. The lowest BCUT2D eigenvalue weighted by Crippen LogP contribution is -2.63. The van der Waals surface area contributed by atoms with E-state index >= 15 is 0 Å². The summed E-state index contributed by atoms with van der Waals surface area (Å²) in [6.45, 7) is 3.92. The predicted octanol–water partition coefficient (Wildman–Crippen LogP) is 0.934. The van der Waals surface area contributed by atoms with E-state index in [1.807, 2.05) is 6.92 Å². The normalized spacial score (nSPS) is 28.7. The van der Waals surface area contributed by atoms with Crippen LogP contribution in [-0.4, -0.2) is 83.0 Å². The molecule has 0 saturated carbocycles. The average molecular weight is 560 g/mol. The lowest BCUT2D eigenvalue weighted by molar-refractivity contribution is -0.163. The molecular weight excluding hydrogens is 534 g/mol. The molecule has 0 aromatic heterocycles. The zero-order valence-corrected chi connectivity index (χ0v) is 21.7. The first-order valence-corrected chi connectivity index (χ1v) is 14.0. The minimum Gasteiger partial charge on any atom is -0.478 e. The number of halogens is 1. The van der Waals surface area contributed by atoms with Gasteiger partial charge in [0.1, 0.15) is 5.70 Å². The summed E-state index contributed by atoms with van der Waals surface area (Å²) in [7, 11) is -3.99. The summed E-state index contributed by atoms with van der Waals surface area (Å²) in [5.74, 6) is -3.80. The highest BCUT2D eigenvalue weighted by Crippen LogP contribution is 2.51. The number of benzene rings is 1. The molecule has 6 atom stereocenters. The van der Waals surface area contributed by atoms with Crippen LogP contribution in [0.1, 0.15) is 30.6 Å². The summed E-state index contributed by atoms with van der Waals surface area (Å²) in [6.07, 6.45) is -0.339. The average Bonchev–Trinajstić information content (AvgIpc) is 3.33. The van der Waals surface area contributed by atoms with Crippen molar-refractivity contribution in [3.8, 4) is 0 Å². The molecule has 196 valence electrons. The number of aliphatic hydroxyl groups is 1. The van der Waals surface area contributed by atoms with Gasteiger partial charge in [0, 0.05) is 35.2 Å². The van der Waals surface area contributed by atoms with Gasteiger partial charge < -0.3 is 25.5 Å². The van der Waals surface area contributed by atoms with E-state index in [0.717, 1.165) is 6.07 Å². The molecule has 0 bridgehead atoms. The number of nitrogens with one attached hydrogen (secondary N) is 2. The van der Waals surface area contributed by atoms with Crippen LogP contribution in [0.25, 0.3) is 0 Å². The third-order valence-corrected chi connectivity index (χ3v) is 10.0. The molecule has 36 heavy (non-hydrogen) atoms. The fourth-order valence-electron chi connectivity index (χ4n) is 5.01. The standard InChI is InChI=1S/C22H26ClN3O8S2/c1-9-17-16(10(2)27)20(28)26(17)18(22(31)32)19(9)35-12-5-11(24-8-12)7-25-36(33,34)13-3-4-15(23)14(6-13)21(29)30/h3-4,6,9-12,16-17,24-25,27H,5,7-8H2,1-2H3,(H,29,30)(H,31,32)/t9-,10-,11+,12-,16?,17?/m1/s1. The molecule has 3 aliphatic rings. The maximum Gasteiger partial charge on any atom is 0.353 e. The van der Waals surface area contributed by atoms with Crippen molar-refractivity contribution < 1.29 is 38.1 Å². The summed E-state index contributed by atoms with van der Waals surface area (Å²) in [4.78, 5) is 37.4. The molecule has 2 unspecified atom stereocenters. The molecule has 1 amide bonds. The van der Waals surface area contributed by atoms with Crippen molar-refractivity contribution in [3.63, 3.8) is 0 Å². The Balaban J connectivity index is 1.40. The Morgan fingerprint density at radius 2 is 2.00 bits per heavy atom. The Kier molecular flexibility index (Phi) is 7.43. The van der Waals surface area contributed by atoms with Crippen molar-refractivity contribution in [1.29, 1.82) is 0 Å². The lowest BCUT2D eigenvalue weighted by atomic mass is 9.79. The number of rotatable bonds is 9. The number of hydrogen-bond donors (Lipinski definition) is 5. The van der Waals surface area contributed by atoms with Crippen LogP contribution < -0.4 is 10.0 Å². The Morgan fingerprint density at radius 1 is 1.31 bits per heavy atom. The first-order chi connectivity index (χ1) is 16.8. The zero-order valence-electron chi connectivity index (χ0n) is 19.3. The third kappa shape index (κ3) is 4.75. The highest BCUT2D eigenvalue weighted by Gasteiger charge is 2.60. The number of β-lactam (4-membered cyclic amide) rings is 1. The Hall–Kier alpha value is -2.16. The molecule has 11 nitrogen and oxygen atoms in total. The van der Waals surface area contributed by atoms with E-state index < -0.39 is 40.0 Å². The molecule has 0 radical (unpaired) electrons. The number of carboxylic acid groups (broad SMARTS) is 2. The second-order valence-corrected chi connectivity index (χ2v) is 12.7. The van der Waals surface area contributed by atoms with Gasteiger partial charge in [0.15, 0.2) is 0 Å². The van der Waals surface area contributed by atoms with Gasteiger partial charge in [-0.25, -0.2) is 22.7 Å². The van der Waals surface area contributed by atoms with Gasteiger partial charge in [0.2, 0.25) is 15.9 Å². The van der Waals surface area contributed by atoms with Crippen LogP contribution in [0.3, 0.4) is 0 Å². The topological polar surface area (TPSA) is 173 Å². The molecular formula is C22H26ClN3O8S2. The number of hydrogen-bond acceptors (Lipinski definition) is 8. The van der Waals surface area contributed by atoms with Crippen LogP contribution in [0.2, 0.25) is 5.02 Å². The number of thioether (sulfide) groups is 1. The van der Waals surface area contributed by atoms with Gasteiger partial charge in [-0.05, 0) is 31.5 Å². The summed E-state index contributed by atoms with van der Waals surface area (Å²) in [5, 5.41) is 32.0. The lowest BCUT2D eigenvalue weighted by Gasteiger charge is -2.46. The third-order valence-electron chi connectivity index (χ3n) is 6.78. The Morgan fingerprint density at radius 3 is 2.61 bits per heavy atom.